The SMILES string of the molecule is CCOC(=O)NCC(C)(C)OC. The standard InChI is InChI=1S/C8H17NO3/c1-5-12-7(10)9-6-8(2,3)11-4/h5-6H2,1-4H3,(H,9,10). The molecule has 0 heterocycles. The first-order chi connectivity index (χ1) is 5.52. The number of nitrogens with one attached hydrogen (secondary N) is 1. The van der Waals surface area contributed by atoms with E-state index in [1.165, 1.54) is 0 Å². The van der Waals surface area contributed by atoms with E-state index in [1.807, 2.05) is 13.8 Å². The number of carbonyl (C=O) groups is 1. The van der Waals surface area contributed by atoms with Gasteiger partial charge in [-0.05, 0) is 20.8 Å². The van der Waals surface area contributed by atoms with Gasteiger partial charge in [0.15, 0.2) is 0 Å². The molecule has 0 aliphatic heterocycles. The van der Waals surface area contributed by atoms with E-state index in [0.717, 1.165) is 0 Å². The predicted octanol–water partition coefficient (Wildman–Crippen LogP) is 1.16. The normalized spacial score (nSPS) is 11.0. The molecular formula is C8H17NO3. The van der Waals surface area contributed by atoms with Crippen LogP contribution in [0.2, 0.25) is 0 Å². The molecule has 4 nitrogen and oxygen atoms in total. The Morgan fingerprint density at radius 3 is 2.50 bits per heavy atom. The molecule has 0 spiro atoms. The maximum atomic E-state index is 10.8. The predicted molar refractivity (Wildman–Crippen MR) is 46.1 cm³/mol. The average molecular weight is 175 g/mol. The highest BCUT2D eigenvalue weighted by Gasteiger charge is 2.17. The molecule has 0 aliphatic rings. The van der Waals surface area contributed by atoms with Gasteiger partial charge in [-0.2, -0.15) is 0 Å². The van der Waals surface area contributed by atoms with Crippen molar-refractivity contribution in [2.24, 2.45) is 0 Å². The lowest BCUT2D eigenvalue weighted by Crippen LogP contribution is -2.39. The summed E-state index contributed by atoms with van der Waals surface area (Å²) in [4.78, 5) is 10.8. The Bertz CT molecular complexity index is 145. The average Bonchev–Trinajstić information content (AvgIpc) is 2.02. The van der Waals surface area contributed by atoms with Crippen molar-refractivity contribution in [3.05, 3.63) is 0 Å². The maximum Gasteiger partial charge on any atom is 0.407 e. The fraction of sp³-hybridized carbons (Fsp3) is 0.875. The number of alkyl carbamates (subject to hydrolysis) is 1. The first-order valence-corrected chi connectivity index (χ1v) is 3.97. The summed E-state index contributed by atoms with van der Waals surface area (Å²) in [6, 6.07) is 0. The second kappa shape index (κ2) is 4.98. The van der Waals surface area contributed by atoms with Crippen LogP contribution in [0.1, 0.15) is 20.8 Å². The molecule has 1 N–H and O–H groups in total. The van der Waals surface area contributed by atoms with Crippen LogP contribution in [0.4, 0.5) is 4.79 Å². The van der Waals surface area contributed by atoms with Gasteiger partial charge in [0, 0.05) is 13.7 Å². The van der Waals surface area contributed by atoms with Crippen LogP contribution in [-0.2, 0) is 9.47 Å². The van der Waals surface area contributed by atoms with Gasteiger partial charge >= 0.3 is 6.09 Å². The Morgan fingerprint density at radius 2 is 2.08 bits per heavy atom. The lowest BCUT2D eigenvalue weighted by atomic mass is 10.1. The molecule has 1 amide bonds. The van der Waals surface area contributed by atoms with Crippen molar-refractivity contribution in [2.75, 3.05) is 20.3 Å². The second-order valence-corrected chi connectivity index (χ2v) is 3.04. The molecule has 0 aliphatic carbocycles. The quantitative estimate of drug-likeness (QED) is 0.697. The molecule has 0 aromatic rings. The van der Waals surface area contributed by atoms with Crippen LogP contribution in [0.25, 0.3) is 0 Å². The van der Waals surface area contributed by atoms with E-state index in [1.54, 1.807) is 14.0 Å². The summed E-state index contributed by atoms with van der Waals surface area (Å²) in [5.74, 6) is 0. The Balaban J connectivity index is 3.60. The molecule has 0 atom stereocenters. The van der Waals surface area contributed by atoms with E-state index in [2.05, 4.69) is 10.1 Å². The van der Waals surface area contributed by atoms with E-state index < -0.39 is 6.09 Å². The minimum atomic E-state index is -0.400. The van der Waals surface area contributed by atoms with Gasteiger partial charge in [0.1, 0.15) is 0 Å². The number of hydrogen-bond acceptors (Lipinski definition) is 3. The van der Waals surface area contributed by atoms with Crippen LogP contribution in [0.3, 0.4) is 0 Å². The Labute approximate surface area is 73.2 Å². The molecule has 0 rings (SSSR count). The fourth-order valence-electron chi connectivity index (χ4n) is 0.539. The van der Waals surface area contributed by atoms with Crippen molar-refractivity contribution in [1.29, 1.82) is 0 Å². The smallest absolute Gasteiger partial charge is 0.407 e. The van der Waals surface area contributed by atoms with Gasteiger partial charge < -0.3 is 14.8 Å². The molecule has 0 aromatic heterocycles. The van der Waals surface area contributed by atoms with Crippen LogP contribution >= 0.6 is 0 Å². The first kappa shape index (κ1) is 11.2. The Morgan fingerprint density at radius 1 is 1.50 bits per heavy atom. The zero-order chi connectivity index (χ0) is 9.61. The summed E-state index contributed by atoms with van der Waals surface area (Å²) in [6.45, 7) is 6.38. The molecular weight excluding hydrogens is 158 g/mol. The highest BCUT2D eigenvalue weighted by molar-refractivity contribution is 5.67. The maximum absolute atomic E-state index is 10.8. The Hall–Kier alpha value is -0.770. The topological polar surface area (TPSA) is 47.6 Å². The third-order valence-electron chi connectivity index (χ3n) is 1.49. The van der Waals surface area contributed by atoms with Crippen molar-refractivity contribution < 1.29 is 14.3 Å². The van der Waals surface area contributed by atoms with Crippen LogP contribution in [-0.4, -0.2) is 32.0 Å². The number of hydrogen-bond donors (Lipinski definition) is 1. The lowest BCUT2D eigenvalue weighted by molar-refractivity contribution is 0.0225. The zero-order valence-electron chi connectivity index (χ0n) is 8.14. The van der Waals surface area contributed by atoms with Gasteiger partial charge in [0.2, 0.25) is 0 Å². The van der Waals surface area contributed by atoms with E-state index in [-0.39, 0.29) is 5.60 Å². The summed E-state index contributed by atoms with van der Waals surface area (Å²) in [5, 5.41) is 2.59. The van der Waals surface area contributed by atoms with Crippen LogP contribution < -0.4 is 5.32 Å². The van der Waals surface area contributed by atoms with Crippen LogP contribution in [0, 0.1) is 0 Å². The molecule has 0 fully saturated rings. The van der Waals surface area contributed by atoms with Gasteiger partial charge in [-0.1, -0.05) is 0 Å². The summed E-state index contributed by atoms with van der Waals surface area (Å²) in [7, 11) is 1.60. The first-order valence-electron chi connectivity index (χ1n) is 3.97. The van der Waals surface area contributed by atoms with Crippen LogP contribution in [0.15, 0.2) is 0 Å². The lowest BCUT2D eigenvalue weighted by Gasteiger charge is -2.22. The third kappa shape index (κ3) is 4.96. The summed E-state index contributed by atoms with van der Waals surface area (Å²) in [5.41, 5.74) is -0.341. The van der Waals surface area contributed by atoms with Crippen molar-refractivity contribution >= 4 is 6.09 Å². The molecule has 0 saturated heterocycles. The monoisotopic (exact) mass is 175 g/mol. The molecule has 72 valence electrons. The minimum absolute atomic E-state index is 0.341. The Kier molecular flexibility index (Phi) is 4.66. The van der Waals surface area contributed by atoms with E-state index in [0.29, 0.717) is 13.2 Å². The van der Waals surface area contributed by atoms with Gasteiger partial charge in [0.05, 0.1) is 12.2 Å². The molecule has 12 heavy (non-hydrogen) atoms. The van der Waals surface area contributed by atoms with Crippen molar-refractivity contribution in [3.63, 3.8) is 0 Å². The van der Waals surface area contributed by atoms with E-state index >= 15 is 0 Å². The van der Waals surface area contributed by atoms with E-state index in [9.17, 15) is 4.79 Å². The molecule has 0 bridgehead atoms. The molecule has 0 aromatic carbocycles. The summed E-state index contributed by atoms with van der Waals surface area (Å²) >= 11 is 0. The van der Waals surface area contributed by atoms with Crippen molar-refractivity contribution in [1.82, 2.24) is 5.32 Å². The highest BCUT2D eigenvalue weighted by atomic mass is 16.5. The molecule has 0 saturated carbocycles. The van der Waals surface area contributed by atoms with Crippen LogP contribution in [0.5, 0.6) is 0 Å². The van der Waals surface area contributed by atoms with Crippen molar-refractivity contribution in [2.45, 2.75) is 26.4 Å². The number of amides is 1. The second-order valence-electron chi connectivity index (χ2n) is 3.04. The number of carbonyl (C=O) groups excluding carboxylic acids is 1. The number of methoxy groups -OCH3 is 1. The van der Waals surface area contributed by atoms with Gasteiger partial charge in [-0.3, -0.25) is 0 Å². The number of rotatable bonds is 4. The molecule has 0 unspecified atom stereocenters. The highest BCUT2D eigenvalue weighted by Crippen LogP contribution is 2.04. The van der Waals surface area contributed by atoms with Gasteiger partial charge in [-0.25, -0.2) is 4.79 Å². The summed E-state index contributed by atoms with van der Waals surface area (Å²) < 4.78 is 9.77. The largest absolute Gasteiger partial charge is 0.450 e. The van der Waals surface area contributed by atoms with Gasteiger partial charge in [-0.15, -0.1) is 0 Å². The third-order valence-corrected chi connectivity index (χ3v) is 1.49. The number of ether oxygens (including phenoxy) is 2. The zero-order valence-corrected chi connectivity index (χ0v) is 8.14. The molecule has 0 radical (unpaired) electrons. The minimum Gasteiger partial charge on any atom is -0.450 e. The summed E-state index contributed by atoms with van der Waals surface area (Å²) in [6.07, 6.45) is -0.400. The van der Waals surface area contributed by atoms with Crippen molar-refractivity contribution in [3.8, 4) is 0 Å². The van der Waals surface area contributed by atoms with Gasteiger partial charge in [0.25, 0.3) is 0 Å². The van der Waals surface area contributed by atoms with E-state index in [4.69, 9.17) is 4.74 Å². The fourth-order valence-corrected chi connectivity index (χ4v) is 0.539. The molecule has 4 heteroatoms.